The van der Waals surface area contributed by atoms with Gasteiger partial charge in [-0.15, -0.1) is 0 Å². The Labute approximate surface area is 112 Å². The molecular formula is C15H16N2O2. The first-order chi connectivity index (χ1) is 9.20. The minimum Gasteiger partial charge on any atom is -0.489 e. The van der Waals surface area contributed by atoms with Gasteiger partial charge in [-0.2, -0.15) is 0 Å². The molecule has 0 aliphatic heterocycles. The van der Waals surface area contributed by atoms with Gasteiger partial charge in [-0.1, -0.05) is 30.3 Å². The fourth-order valence-corrected chi connectivity index (χ4v) is 1.79. The van der Waals surface area contributed by atoms with Gasteiger partial charge in [0.25, 0.3) is 0 Å². The minimum atomic E-state index is -0.441. The molecule has 2 rings (SSSR count). The molecule has 0 fully saturated rings. The van der Waals surface area contributed by atoms with E-state index in [2.05, 4.69) is 0 Å². The number of amides is 1. The standard InChI is InChI=1S/C15H16N2O2/c16-9-13-5-1-2-7-14(13)19-10-11-4-3-6-12(8-11)15(17)18/h1-8H,9-10,16H2,(H2,17,18). The van der Waals surface area contributed by atoms with Crippen LogP contribution in [0.15, 0.2) is 48.5 Å². The monoisotopic (exact) mass is 256 g/mol. The largest absolute Gasteiger partial charge is 0.489 e. The fourth-order valence-electron chi connectivity index (χ4n) is 1.79. The number of para-hydroxylation sites is 1. The van der Waals surface area contributed by atoms with E-state index in [4.69, 9.17) is 16.2 Å². The van der Waals surface area contributed by atoms with Gasteiger partial charge in [-0.3, -0.25) is 4.79 Å². The van der Waals surface area contributed by atoms with Crippen molar-refractivity contribution in [1.82, 2.24) is 0 Å². The molecule has 19 heavy (non-hydrogen) atoms. The molecule has 4 heteroatoms. The Morgan fingerprint density at radius 2 is 1.89 bits per heavy atom. The van der Waals surface area contributed by atoms with Crippen LogP contribution in [0.5, 0.6) is 5.75 Å². The predicted octanol–water partition coefficient (Wildman–Crippen LogP) is 1.82. The van der Waals surface area contributed by atoms with Gasteiger partial charge in [0, 0.05) is 17.7 Å². The zero-order chi connectivity index (χ0) is 13.7. The number of ether oxygens (including phenoxy) is 1. The first-order valence-electron chi connectivity index (χ1n) is 6.00. The summed E-state index contributed by atoms with van der Waals surface area (Å²) in [5, 5.41) is 0. The molecule has 0 saturated carbocycles. The van der Waals surface area contributed by atoms with Crippen LogP contribution in [0.1, 0.15) is 21.5 Å². The topological polar surface area (TPSA) is 78.3 Å². The van der Waals surface area contributed by atoms with Crippen LogP contribution >= 0.6 is 0 Å². The molecule has 98 valence electrons. The highest BCUT2D eigenvalue weighted by atomic mass is 16.5. The first kappa shape index (κ1) is 13.1. The van der Waals surface area contributed by atoms with Crippen LogP contribution in [0.2, 0.25) is 0 Å². The zero-order valence-corrected chi connectivity index (χ0v) is 10.5. The molecule has 0 unspecified atom stereocenters. The second kappa shape index (κ2) is 6.02. The van der Waals surface area contributed by atoms with Gasteiger partial charge in [0.05, 0.1) is 0 Å². The molecule has 1 amide bonds. The molecule has 4 N–H and O–H groups in total. The van der Waals surface area contributed by atoms with Crippen LogP contribution in [-0.4, -0.2) is 5.91 Å². The SMILES string of the molecule is NCc1ccccc1OCc1cccc(C(N)=O)c1. The third-order valence-electron chi connectivity index (χ3n) is 2.80. The van der Waals surface area contributed by atoms with Crippen molar-refractivity contribution < 1.29 is 9.53 Å². The van der Waals surface area contributed by atoms with Crippen molar-refractivity contribution in [2.24, 2.45) is 11.5 Å². The van der Waals surface area contributed by atoms with Crippen LogP contribution in [-0.2, 0) is 13.2 Å². The average Bonchev–Trinajstić information content (AvgIpc) is 2.45. The molecule has 2 aromatic rings. The van der Waals surface area contributed by atoms with E-state index in [0.717, 1.165) is 16.9 Å². The Kier molecular flexibility index (Phi) is 4.15. The fraction of sp³-hybridized carbons (Fsp3) is 0.133. The van der Waals surface area contributed by atoms with Crippen LogP contribution in [0, 0.1) is 0 Å². The third-order valence-corrected chi connectivity index (χ3v) is 2.80. The Balaban J connectivity index is 2.10. The normalized spacial score (nSPS) is 10.2. The molecule has 0 aromatic heterocycles. The van der Waals surface area contributed by atoms with E-state index in [1.807, 2.05) is 30.3 Å². The molecule has 2 aromatic carbocycles. The van der Waals surface area contributed by atoms with Crippen molar-refractivity contribution >= 4 is 5.91 Å². The number of hydrogen-bond donors (Lipinski definition) is 2. The summed E-state index contributed by atoms with van der Waals surface area (Å²) in [6.07, 6.45) is 0. The van der Waals surface area contributed by atoms with E-state index < -0.39 is 5.91 Å². The summed E-state index contributed by atoms with van der Waals surface area (Å²) in [6, 6.07) is 14.7. The number of nitrogens with two attached hydrogens (primary N) is 2. The van der Waals surface area contributed by atoms with Gasteiger partial charge in [0.2, 0.25) is 5.91 Å². The molecule has 0 heterocycles. The highest BCUT2D eigenvalue weighted by Gasteiger charge is 2.04. The quantitative estimate of drug-likeness (QED) is 0.856. The maximum Gasteiger partial charge on any atom is 0.248 e. The van der Waals surface area contributed by atoms with Gasteiger partial charge < -0.3 is 16.2 Å². The van der Waals surface area contributed by atoms with E-state index in [0.29, 0.717) is 18.7 Å². The predicted molar refractivity (Wildman–Crippen MR) is 73.6 cm³/mol. The Bertz CT molecular complexity index is 582. The number of hydrogen-bond acceptors (Lipinski definition) is 3. The second-order valence-corrected chi connectivity index (χ2v) is 4.17. The highest BCUT2D eigenvalue weighted by molar-refractivity contribution is 5.92. The minimum absolute atomic E-state index is 0.373. The number of rotatable bonds is 5. The smallest absolute Gasteiger partial charge is 0.248 e. The van der Waals surface area contributed by atoms with Gasteiger partial charge in [-0.05, 0) is 23.8 Å². The van der Waals surface area contributed by atoms with E-state index in [9.17, 15) is 4.79 Å². The summed E-state index contributed by atoms with van der Waals surface area (Å²) < 4.78 is 5.72. The maximum absolute atomic E-state index is 11.1. The maximum atomic E-state index is 11.1. The molecule has 0 spiro atoms. The molecule has 4 nitrogen and oxygen atoms in total. The van der Waals surface area contributed by atoms with Gasteiger partial charge in [-0.25, -0.2) is 0 Å². The zero-order valence-electron chi connectivity index (χ0n) is 10.5. The van der Waals surface area contributed by atoms with Crippen molar-refractivity contribution in [1.29, 1.82) is 0 Å². The van der Waals surface area contributed by atoms with Gasteiger partial charge in [0.1, 0.15) is 12.4 Å². The van der Waals surface area contributed by atoms with Crippen LogP contribution in [0.4, 0.5) is 0 Å². The molecule has 0 bridgehead atoms. The Morgan fingerprint density at radius 3 is 2.63 bits per heavy atom. The summed E-state index contributed by atoms with van der Waals surface area (Å²) in [6.45, 7) is 0.801. The lowest BCUT2D eigenvalue weighted by atomic mass is 10.1. The average molecular weight is 256 g/mol. The third kappa shape index (κ3) is 3.33. The van der Waals surface area contributed by atoms with Crippen molar-refractivity contribution in [3.05, 3.63) is 65.2 Å². The molecule has 0 atom stereocenters. The van der Waals surface area contributed by atoms with Crippen LogP contribution < -0.4 is 16.2 Å². The summed E-state index contributed by atoms with van der Waals surface area (Å²) >= 11 is 0. The van der Waals surface area contributed by atoms with Crippen LogP contribution in [0.25, 0.3) is 0 Å². The summed E-state index contributed by atoms with van der Waals surface area (Å²) in [5.41, 5.74) is 13.2. The van der Waals surface area contributed by atoms with Gasteiger partial charge >= 0.3 is 0 Å². The Hall–Kier alpha value is -2.33. The molecule has 0 aliphatic carbocycles. The van der Waals surface area contributed by atoms with Crippen molar-refractivity contribution in [2.45, 2.75) is 13.2 Å². The summed E-state index contributed by atoms with van der Waals surface area (Å²) in [5.74, 6) is 0.318. The molecule has 0 saturated heterocycles. The lowest BCUT2D eigenvalue weighted by Gasteiger charge is -2.10. The van der Waals surface area contributed by atoms with E-state index in [-0.39, 0.29) is 0 Å². The van der Waals surface area contributed by atoms with Crippen molar-refractivity contribution in [3.63, 3.8) is 0 Å². The molecular weight excluding hydrogens is 240 g/mol. The first-order valence-corrected chi connectivity index (χ1v) is 6.00. The van der Waals surface area contributed by atoms with E-state index in [1.54, 1.807) is 18.2 Å². The number of carbonyl (C=O) groups excluding carboxylic acids is 1. The van der Waals surface area contributed by atoms with E-state index >= 15 is 0 Å². The summed E-state index contributed by atoms with van der Waals surface area (Å²) in [7, 11) is 0. The number of primary amides is 1. The molecule has 0 aliphatic rings. The Morgan fingerprint density at radius 1 is 1.11 bits per heavy atom. The highest BCUT2D eigenvalue weighted by Crippen LogP contribution is 2.18. The number of benzene rings is 2. The van der Waals surface area contributed by atoms with Crippen molar-refractivity contribution in [3.8, 4) is 5.75 Å². The van der Waals surface area contributed by atoms with E-state index in [1.165, 1.54) is 0 Å². The van der Waals surface area contributed by atoms with Crippen molar-refractivity contribution in [2.75, 3.05) is 0 Å². The number of carbonyl (C=O) groups is 1. The summed E-state index contributed by atoms with van der Waals surface area (Å²) in [4.78, 5) is 11.1. The van der Waals surface area contributed by atoms with Crippen LogP contribution in [0.3, 0.4) is 0 Å². The van der Waals surface area contributed by atoms with Gasteiger partial charge in [0.15, 0.2) is 0 Å². The molecule has 0 radical (unpaired) electrons. The lowest BCUT2D eigenvalue weighted by molar-refractivity contribution is 0.1000. The lowest BCUT2D eigenvalue weighted by Crippen LogP contribution is -2.11. The second-order valence-electron chi connectivity index (χ2n) is 4.17.